The van der Waals surface area contributed by atoms with Crippen LogP contribution in [0.25, 0.3) is 0 Å². The molecule has 0 bridgehead atoms. The highest BCUT2D eigenvalue weighted by atomic mass is 28.3. The summed E-state index contributed by atoms with van der Waals surface area (Å²) in [5.41, 5.74) is 2.81. The molecule has 1 fully saturated rings. The molecule has 1 aliphatic rings. The van der Waals surface area contributed by atoms with E-state index in [1.807, 2.05) is 0 Å². The molecule has 1 nitrogen and oxygen atoms in total. The van der Waals surface area contributed by atoms with Crippen molar-refractivity contribution in [3.05, 3.63) is 35.9 Å². The van der Waals surface area contributed by atoms with Gasteiger partial charge in [0, 0.05) is 17.5 Å². The van der Waals surface area contributed by atoms with Crippen LogP contribution >= 0.6 is 0 Å². The molecule has 0 N–H and O–H groups in total. The first kappa shape index (κ1) is 14.8. The van der Waals surface area contributed by atoms with Gasteiger partial charge in [0.15, 0.2) is 0 Å². The van der Waals surface area contributed by atoms with E-state index >= 15 is 0 Å². The summed E-state index contributed by atoms with van der Waals surface area (Å²) in [7, 11) is 1.38. The molecular weight excluding hydrogens is 246 g/mol. The van der Waals surface area contributed by atoms with Crippen LogP contribution in [-0.2, 0) is 6.54 Å². The van der Waals surface area contributed by atoms with Crippen molar-refractivity contribution in [1.29, 1.82) is 0 Å². The molecule has 2 heteroatoms. The highest BCUT2D eigenvalue weighted by Gasteiger charge is 2.55. The maximum absolute atomic E-state index is 2.54. The normalized spacial score (nSPS) is 30.5. The van der Waals surface area contributed by atoms with Crippen LogP contribution in [-0.4, -0.2) is 31.7 Å². The molecule has 0 saturated carbocycles. The first-order valence-corrected chi connectivity index (χ1v) is 11.1. The van der Waals surface area contributed by atoms with Crippen LogP contribution in [0.5, 0.6) is 0 Å². The van der Waals surface area contributed by atoms with Crippen molar-refractivity contribution in [2.75, 3.05) is 13.6 Å². The van der Waals surface area contributed by atoms with Gasteiger partial charge in [-0.2, -0.15) is 0 Å². The van der Waals surface area contributed by atoms with Gasteiger partial charge in [-0.05, 0) is 13.8 Å². The Labute approximate surface area is 120 Å². The number of rotatable bonds is 3. The number of nitrogens with zero attached hydrogens (tertiary/aromatic N) is 1. The van der Waals surface area contributed by atoms with Gasteiger partial charge in [-0.25, -0.2) is 0 Å². The minimum absolute atomic E-state index is 0.403. The molecule has 106 valence electrons. The first-order chi connectivity index (χ1) is 8.67. The summed E-state index contributed by atoms with van der Waals surface area (Å²) >= 11 is 0. The van der Waals surface area contributed by atoms with E-state index in [4.69, 9.17) is 0 Å². The predicted molar refractivity (Wildman–Crippen MR) is 87.0 cm³/mol. The zero-order valence-corrected chi connectivity index (χ0v) is 14.5. The maximum Gasteiger partial charge on any atom is 0.105 e. The third kappa shape index (κ3) is 2.66. The fourth-order valence-electron chi connectivity index (χ4n) is 4.19. The van der Waals surface area contributed by atoms with Gasteiger partial charge in [-0.15, -0.1) is 0 Å². The monoisotopic (exact) mass is 276 g/mol. The van der Waals surface area contributed by atoms with E-state index in [1.165, 1.54) is 29.6 Å². The zero-order valence-electron chi connectivity index (χ0n) is 13.5. The summed E-state index contributed by atoms with van der Waals surface area (Å²) in [5, 5.41) is 0. The lowest BCUT2D eigenvalue weighted by Crippen LogP contribution is -2.57. The quantitative estimate of drug-likeness (QED) is 0.562. The predicted octanol–water partition coefficient (Wildman–Crippen LogP) is 4.52. The average Bonchev–Trinajstić information content (AvgIpc) is 2.50. The lowest BCUT2D eigenvalue weighted by molar-refractivity contribution is -0.955. The standard InChI is InChI=1S/C17H30NSi/c1-17(2)16(19(4,5)6)12-13-18(17,3)14-15-10-8-7-9-11-15/h7-11,16H,12-14H2,1-6H3/q+1/t16-,18+/m1/s1. The van der Waals surface area contributed by atoms with E-state index in [9.17, 15) is 0 Å². The minimum atomic E-state index is -1.08. The molecule has 0 spiro atoms. The van der Waals surface area contributed by atoms with Gasteiger partial charge >= 0.3 is 0 Å². The van der Waals surface area contributed by atoms with Crippen LogP contribution in [0, 0.1) is 0 Å². The third-order valence-corrected chi connectivity index (χ3v) is 8.66. The van der Waals surface area contributed by atoms with Crippen molar-refractivity contribution >= 4 is 8.07 Å². The van der Waals surface area contributed by atoms with Crippen LogP contribution in [0.4, 0.5) is 0 Å². The van der Waals surface area contributed by atoms with Gasteiger partial charge in [-0.3, -0.25) is 0 Å². The summed E-state index contributed by atoms with van der Waals surface area (Å²) < 4.78 is 1.20. The highest BCUT2D eigenvalue weighted by Crippen LogP contribution is 2.49. The van der Waals surface area contributed by atoms with Crippen molar-refractivity contribution in [2.24, 2.45) is 0 Å². The largest absolute Gasteiger partial charge is 0.318 e. The highest BCUT2D eigenvalue weighted by molar-refractivity contribution is 6.77. The van der Waals surface area contributed by atoms with Crippen LogP contribution < -0.4 is 0 Å². The van der Waals surface area contributed by atoms with Gasteiger partial charge < -0.3 is 4.48 Å². The summed E-state index contributed by atoms with van der Waals surface area (Å²) in [6.45, 7) is 15.1. The first-order valence-electron chi connectivity index (χ1n) is 7.55. The Morgan fingerprint density at radius 1 is 1.16 bits per heavy atom. The molecule has 1 saturated heterocycles. The van der Waals surface area contributed by atoms with E-state index in [0.29, 0.717) is 5.54 Å². The SMILES string of the molecule is CC1(C)[C@H]([Si](C)(C)C)CC[N@@+]1(C)Cc1ccccc1. The van der Waals surface area contributed by atoms with E-state index in [-0.39, 0.29) is 0 Å². The molecule has 0 aliphatic carbocycles. The Balaban J connectivity index is 2.25. The summed E-state index contributed by atoms with van der Waals surface area (Å²) in [5.74, 6) is 0. The molecule has 1 aromatic carbocycles. The lowest BCUT2D eigenvalue weighted by atomic mass is 9.98. The van der Waals surface area contributed by atoms with Crippen LogP contribution in [0.3, 0.4) is 0 Å². The molecule has 1 aliphatic heterocycles. The Bertz CT molecular complexity index is 432. The van der Waals surface area contributed by atoms with Crippen LogP contribution in [0.1, 0.15) is 25.8 Å². The molecule has 1 heterocycles. The molecule has 1 aromatic rings. The number of benzene rings is 1. The molecule has 2 atom stereocenters. The summed E-state index contributed by atoms with van der Waals surface area (Å²) in [6.07, 6.45) is 1.41. The Kier molecular flexibility index (Phi) is 3.70. The molecular formula is C17H30NSi+. The summed E-state index contributed by atoms with van der Waals surface area (Å²) in [6, 6.07) is 11.0. The van der Waals surface area contributed by atoms with Crippen molar-refractivity contribution in [1.82, 2.24) is 0 Å². The van der Waals surface area contributed by atoms with Gasteiger partial charge in [0.1, 0.15) is 6.54 Å². The van der Waals surface area contributed by atoms with Gasteiger partial charge in [0.25, 0.3) is 0 Å². The van der Waals surface area contributed by atoms with Crippen LogP contribution in [0.2, 0.25) is 25.2 Å². The minimum Gasteiger partial charge on any atom is -0.318 e. The number of quaternary nitrogens is 1. The number of hydrogen-bond acceptors (Lipinski definition) is 0. The van der Waals surface area contributed by atoms with E-state index in [0.717, 1.165) is 5.54 Å². The third-order valence-electron chi connectivity index (χ3n) is 5.58. The van der Waals surface area contributed by atoms with E-state index in [1.54, 1.807) is 0 Å². The molecule has 0 unspecified atom stereocenters. The van der Waals surface area contributed by atoms with Crippen molar-refractivity contribution < 1.29 is 4.48 Å². The van der Waals surface area contributed by atoms with Crippen molar-refractivity contribution in [3.63, 3.8) is 0 Å². The second-order valence-corrected chi connectivity index (χ2v) is 13.6. The van der Waals surface area contributed by atoms with E-state index < -0.39 is 8.07 Å². The smallest absolute Gasteiger partial charge is 0.105 e. The number of hydrogen-bond donors (Lipinski definition) is 0. The van der Waals surface area contributed by atoms with E-state index in [2.05, 4.69) is 70.9 Å². The zero-order chi connectivity index (χ0) is 14.3. The molecule has 2 rings (SSSR count). The number of likely N-dealkylation sites (tertiary alicyclic amines) is 1. The Hall–Kier alpha value is -0.603. The van der Waals surface area contributed by atoms with Gasteiger partial charge in [-0.1, -0.05) is 50.0 Å². The topological polar surface area (TPSA) is 0 Å². The molecule has 0 radical (unpaired) electrons. The second kappa shape index (κ2) is 4.74. The average molecular weight is 277 g/mol. The second-order valence-electron chi connectivity index (χ2n) is 8.12. The fourth-order valence-corrected chi connectivity index (χ4v) is 7.62. The van der Waals surface area contributed by atoms with Crippen molar-refractivity contribution in [3.8, 4) is 0 Å². The maximum atomic E-state index is 2.54. The van der Waals surface area contributed by atoms with Gasteiger partial charge in [0.05, 0.1) is 27.2 Å². The Morgan fingerprint density at radius 3 is 2.21 bits per heavy atom. The molecule has 0 aromatic heterocycles. The Morgan fingerprint density at radius 2 is 1.74 bits per heavy atom. The molecule has 19 heavy (non-hydrogen) atoms. The van der Waals surface area contributed by atoms with Crippen molar-refractivity contribution in [2.45, 2.75) is 57.5 Å². The van der Waals surface area contributed by atoms with Gasteiger partial charge in [0.2, 0.25) is 0 Å². The summed E-state index contributed by atoms with van der Waals surface area (Å²) in [4.78, 5) is 0. The fraction of sp³-hybridized carbons (Fsp3) is 0.647. The lowest BCUT2D eigenvalue weighted by Gasteiger charge is -2.47. The molecule has 0 amide bonds. The van der Waals surface area contributed by atoms with Crippen LogP contribution in [0.15, 0.2) is 30.3 Å².